The van der Waals surface area contributed by atoms with Gasteiger partial charge in [0.25, 0.3) is 0 Å². The summed E-state index contributed by atoms with van der Waals surface area (Å²) in [6.07, 6.45) is 3.90. The monoisotopic (exact) mass is 283 g/mol. The molecular weight excluding hydrogens is 266 g/mol. The molecule has 0 atom stereocenters. The summed E-state index contributed by atoms with van der Waals surface area (Å²) >= 11 is 5.90. The zero-order valence-electron chi connectivity index (χ0n) is 10.7. The minimum absolute atomic E-state index is 0.154. The van der Waals surface area contributed by atoms with Crippen molar-refractivity contribution in [3.8, 4) is 0 Å². The van der Waals surface area contributed by atoms with Crippen LogP contribution in [0.5, 0.6) is 0 Å². The predicted octanol–water partition coefficient (Wildman–Crippen LogP) is 3.17. The van der Waals surface area contributed by atoms with E-state index in [4.69, 9.17) is 21.5 Å². The van der Waals surface area contributed by atoms with E-state index in [0.29, 0.717) is 6.61 Å². The van der Waals surface area contributed by atoms with Crippen LogP contribution in [0.25, 0.3) is 0 Å². The Morgan fingerprint density at radius 1 is 1.37 bits per heavy atom. The van der Waals surface area contributed by atoms with Crippen LogP contribution in [-0.4, -0.2) is 17.7 Å². The lowest BCUT2D eigenvalue weighted by atomic mass is 10.1. The van der Waals surface area contributed by atoms with Gasteiger partial charge in [-0.2, -0.15) is 0 Å². The van der Waals surface area contributed by atoms with Crippen molar-refractivity contribution in [3.63, 3.8) is 0 Å². The molecule has 0 unspecified atom stereocenters. The number of carboxylic acids is 1. The van der Waals surface area contributed by atoms with Crippen LogP contribution in [0.1, 0.15) is 24.8 Å². The fourth-order valence-corrected chi connectivity index (χ4v) is 1.77. The smallest absolute Gasteiger partial charge is 0.353 e. The Kier molecular flexibility index (Phi) is 7.00. The molecule has 5 heteroatoms. The number of unbranched alkanes of at least 4 members (excludes halogenated alkanes) is 2. The molecule has 4 nitrogen and oxygen atoms in total. The van der Waals surface area contributed by atoms with E-state index in [2.05, 4.69) is 18.1 Å². The Morgan fingerprint density at radius 3 is 2.84 bits per heavy atom. The second-order valence-corrected chi connectivity index (χ2v) is 4.61. The number of nitrogens with one attached hydrogen (secondary N) is 1. The molecule has 0 amide bonds. The molecule has 0 spiro atoms. The average molecular weight is 284 g/mol. The van der Waals surface area contributed by atoms with Gasteiger partial charge in [-0.3, -0.25) is 10.3 Å². The lowest BCUT2D eigenvalue weighted by molar-refractivity contribution is -0.134. The molecule has 104 valence electrons. The number of aryl methyl sites for hydroxylation is 1. The van der Waals surface area contributed by atoms with Crippen LogP contribution in [0.2, 0.25) is 5.02 Å². The van der Waals surface area contributed by atoms with Crippen molar-refractivity contribution < 1.29 is 14.7 Å². The number of halogens is 1. The Hall–Kier alpha value is -1.52. The minimum atomic E-state index is -1.11. The highest BCUT2D eigenvalue weighted by atomic mass is 35.5. The number of rotatable bonds is 9. The second kappa shape index (κ2) is 8.56. The molecule has 0 fully saturated rings. The summed E-state index contributed by atoms with van der Waals surface area (Å²) in [5.41, 5.74) is 3.36. The summed E-state index contributed by atoms with van der Waals surface area (Å²) in [6.45, 7) is 3.75. The van der Waals surface area contributed by atoms with E-state index in [0.717, 1.165) is 30.7 Å². The van der Waals surface area contributed by atoms with Gasteiger partial charge in [0.15, 0.2) is 0 Å². The van der Waals surface area contributed by atoms with Gasteiger partial charge in [0.2, 0.25) is 0 Å². The van der Waals surface area contributed by atoms with Crippen molar-refractivity contribution >= 4 is 17.6 Å². The van der Waals surface area contributed by atoms with Crippen molar-refractivity contribution in [2.45, 2.75) is 25.7 Å². The average Bonchev–Trinajstić information content (AvgIpc) is 2.37. The van der Waals surface area contributed by atoms with E-state index in [1.54, 1.807) is 0 Å². The van der Waals surface area contributed by atoms with Crippen LogP contribution in [0.4, 0.5) is 0 Å². The van der Waals surface area contributed by atoms with Crippen LogP contribution in [0.15, 0.2) is 36.5 Å². The number of aliphatic carboxylic acids is 1. The Morgan fingerprint density at radius 2 is 2.16 bits per heavy atom. The molecular formula is C14H18ClNO3. The maximum Gasteiger partial charge on any atom is 0.353 e. The largest absolute Gasteiger partial charge is 0.477 e. The molecule has 0 bridgehead atoms. The van der Waals surface area contributed by atoms with Gasteiger partial charge in [0.1, 0.15) is 5.70 Å². The van der Waals surface area contributed by atoms with Crippen LogP contribution in [0, 0.1) is 0 Å². The summed E-state index contributed by atoms with van der Waals surface area (Å²) in [5, 5.41) is 9.28. The molecule has 0 heterocycles. The third-order valence-electron chi connectivity index (χ3n) is 2.55. The van der Waals surface area contributed by atoms with Gasteiger partial charge in [-0.1, -0.05) is 36.7 Å². The van der Waals surface area contributed by atoms with Crippen LogP contribution >= 0.6 is 11.6 Å². The normalized spacial score (nSPS) is 10.2. The number of hydrogen-bond acceptors (Lipinski definition) is 3. The zero-order chi connectivity index (χ0) is 14.1. The van der Waals surface area contributed by atoms with Crippen molar-refractivity contribution in [1.29, 1.82) is 0 Å². The number of hydroxylamine groups is 1. The maximum absolute atomic E-state index is 10.4. The topological polar surface area (TPSA) is 58.6 Å². The van der Waals surface area contributed by atoms with E-state index >= 15 is 0 Å². The molecule has 2 N–H and O–H groups in total. The number of hydrogen-bond donors (Lipinski definition) is 2. The van der Waals surface area contributed by atoms with Gasteiger partial charge in [-0.15, -0.1) is 0 Å². The van der Waals surface area contributed by atoms with Crippen molar-refractivity contribution in [2.75, 3.05) is 6.61 Å². The molecule has 0 aliphatic heterocycles. The third kappa shape index (κ3) is 6.84. The minimum Gasteiger partial charge on any atom is -0.477 e. The summed E-state index contributed by atoms with van der Waals surface area (Å²) in [4.78, 5) is 15.4. The second-order valence-electron chi connectivity index (χ2n) is 4.17. The van der Waals surface area contributed by atoms with Gasteiger partial charge < -0.3 is 5.11 Å². The van der Waals surface area contributed by atoms with E-state index in [-0.39, 0.29) is 5.70 Å². The number of carboxylic acid groups (broad SMARTS) is 1. The van der Waals surface area contributed by atoms with Crippen molar-refractivity contribution in [3.05, 3.63) is 47.1 Å². The fourth-order valence-electron chi connectivity index (χ4n) is 1.55. The van der Waals surface area contributed by atoms with Crippen LogP contribution in [0.3, 0.4) is 0 Å². The molecule has 0 aliphatic rings. The molecule has 1 aromatic carbocycles. The zero-order valence-corrected chi connectivity index (χ0v) is 11.4. The highest BCUT2D eigenvalue weighted by Crippen LogP contribution is 2.13. The van der Waals surface area contributed by atoms with E-state index in [1.807, 2.05) is 18.2 Å². The van der Waals surface area contributed by atoms with Crippen molar-refractivity contribution in [1.82, 2.24) is 5.48 Å². The highest BCUT2D eigenvalue weighted by Gasteiger charge is 2.01. The summed E-state index contributed by atoms with van der Waals surface area (Å²) < 4.78 is 0. The molecule has 1 aromatic rings. The summed E-state index contributed by atoms with van der Waals surface area (Å²) in [5.74, 6) is -1.11. The molecule has 0 radical (unpaired) electrons. The lowest BCUT2D eigenvalue weighted by Crippen LogP contribution is -2.20. The molecule has 19 heavy (non-hydrogen) atoms. The van der Waals surface area contributed by atoms with Gasteiger partial charge in [0, 0.05) is 5.02 Å². The SMILES string of the molecule is C=C(NOCCCCCc1cccc(Cl)c1)C(=O)O. The summed E-state index contributed by atoms with van der Waals surface area (Å²) in [6, 6.07) is 7.83. The lowest BCUT2D eigenvalue weighted by Gasteiger charge is -2.06. The first kappa shape index (κ1) is 15.5. The standard InChI is InChI=1S/C14H18ClNO3/c1-11(14(17)18)16-19-9-4-2-3-6-12-7-5-8-13(15)10-12/h5,7-8,10,16H,1-4,6,9H2,(H,17,18). The number of carbonyl (C=O) groups is 1. The Balaban J connectivity index is 2.03. The van der Waals surface area contributed by atoms with Gasteiger partial charge >= 0.3 is 5.97 Å². The Labute approximate surface area is 118 Å². The highest BCUT2D eigenvalue weighted by molar-refractivity contribution is 6.30. The maximum atomic E-state index is 10.4. The van der Waals surface area contributed by atoms with E-state index < -0.39 is 5.97 Å². The first-order chi connectivity index (χ1) is 9.09. The first-order valence-corrected chi connectivity index (χ1v) is 6.52. The molecule has 0 aromatic heterocycles. The number of benzene rings is 1. The van der Waals surface area contributed by atoms with E-state index in [1.165, 1.54) is 5.56 Å². The molecule has 0 saturated carbocycles. The van der Waals surface area contributed by atoms with Gasteiger partial charge in [0.05, 0.1) is 6.61 Å². The molecule has 0 aliphatic carbocycles. The predicted molar refractivity (Wildman–Crippen MR) is 74.9 cm³/mol. The Bertz CT molecular complexity index is 434. The third-order valence-corrected chi connectivity index (χ3v) is 2.79. The van der Waals surface area contributed by atoms with Crippen LogP contribution in [-0.2, 0) is 16.1 Å². The molecule has 1 rings (SSSR count). The quantitative estimate of drug-likeness (QED) is 0.415. The van der Waals surface area contributed by atoms with Crippen LogP contribution < -0.4 is 5.48 Å². The molecule has 0 saturated heterocycles. The van der Waals surface area contributed by atoms with Gasteiger partial charge in [-0.25, -0.2) is 4.79 Å². The first-order valence-electron chi connectivity index (χ1n) is 6.14. The summed E-state index contributed by atoms with van der Waals surface area (Å²) in [7, 11) is 0. The van der Waals surface area contributed by atoms with E-state index in [9.17, 15) is 4.79 Å². The van der Waals surface area contributed by atoms with Gasteiger partial charge in [-0.05, 0) is 37.0 Å². The van der Waals surface area contributed by atoms with Crippen molar-refractivity contribution in [2.24, 2.45) is 0 Å². The fraction of sp³-hybridized carbons (Fsp3) is 0.357.